The van der Waals surface area contributed by atoms with E-state index >= 15 is 0 Å². The largest absolute Gasteiger partial charge is 0.463 e. The van der Waals surface area contributed by atoms with Crippen LogP contribution in [-0.4, -0.2) is 134 Å². The van der Waals surface area contributed by atoms with Crippen molar-refractivity contribution in [3.63, 3.8) is 0 Å². The molecule has 0 radical (unpaired) electrons. The van der Waals surface area contributed by atoms with Gasteiger partial charge in [0.2, 0.25) is 5.91 Å². The van der Waals surface area contributed by atoms with Crippen molar-refractivity contribution in [3.05, 3.63) is 0 Å². The summed E-state index contributed by atoms with van der Waals surface area (Å²) < 4.78 is 57.7. The molecule has 2 rings (SSSR count). The van der Waals surface area contributed by atoms with Crippen LogP contribution in [0.25, 0.3) is 0 Å². The van der Waals surface area contributed by atoms with Crippen LogP contribution in [0.2, 0.25) is 0 Å². The van der Waals surface area contributed by atoms with Crippen LogP contribution >= 0.6 is 11.8 Å². The van der Waals surface area contributed by atoms with E-state index in [0.29, 0.717) is 6.42 Å². The molecule has 342 valence electrons. The van der Waals surface area contributed by atoms with Gasteiger partial charge in [0.05, 0.1) is 0 Å². The highest BCUT2D eigenvalue weighted by Gasteiger charge is 2.57. The first kappa shape index (κ1) is 52.3. The molecule has 20 heteroatoms. The Balaban J connectivity index is 2.34. The Labute approximate surface area is 355 Å². The first-order chi connectivity index (χ1) is 28.4. The molecule has 0 aromatic rings. The second-order valence-corrected chi connectivity index (χ2v) is 15.8. The molecule has 2 aliphatic heterocycles. The Morgan fingerprint density at radius 1 is 0.483 bits per heavy atom. The molecule has 2 heterocycles. The van der Waals surface area contributed by atoms with Gasteiger partial charge in [0.15, 0.2) is 42.1 Å². The van der Waals surface area contributed by atoms with Crippen molar-refractivity contribution >= 4 is 58.6 Å². The maximum absolute atomic E-state index is 12.7. The number of carbonyl (C=O) groups is 8. The van der Waals surface area contributed by atoms with Gasteiger partial charge in [0.1, 0.15) is 37.6 Å². The smallest absolute Gasteiger partial charge is 0.303 e. The standard InChI is InChI=1S/C40H63NO18S/c1-23(42)41-33-36(54-27(5)46)34(59-40-38(56-29(7)48)37(55-28(6)47)35(53-26(4)45)32(58-40)22-52-25(3)44)31(21-51-24(2)43)57-39(33)50-19-17-15-13-11-9-10-12-14-16-18-20-60-30(8)49/h31-40H,9-22H2,1-8H3,(H,41,42)/t31-,32-,33-,34-,35+,36-,37+,38-,39+,40+/m1/s1. The molecule has 10 atom stereocenters. The van der Waals surface area contributed by atoms with E-state index in [1.807, 2.05) is 0 Å². The highest BCUT2D eigenvalue weighted by molar-refractivity contribution is 8.13. The summed E-state index contributed by atoms with van der Waals surface area (Å²) in [7, 11) is 0. The lowest BCUT2D eigenvalue weighted by Crippen LogP contribution is -2.69. The van der Waals surface area contributed by atoms with Crippen molar-refractivity contribution in [1.29, 1.82) is 0 Å². The van der Waals surface area contributed by atoms with E-state index in [4.69, 9.17) is 47.4 Å². The van der Waals surface area contributed by atoms with E-state index in [-0.39, 0.29) is 11.7 Å². The molecule has 19 nitrogen and oxygen atoms in total. The second kappa shape index (κ2) is 27.9. The summed E-state index contributed by atoms with van der Waals surface area (Å²) in [6, 6.07) is -1.21. The quantitative estimate of drug-likeness (QED) is 0.0785. The number of hydrogen-bond acceptors (Lipinski definition) is 19. The number of rotatable bonds is 25. The molecule has 60 heavy (non-hydrogen) atoms. The van der Waals surface area contributed by atoms with Gasteiger partial charge in [0.25, 0.3) is 0 Å². The predicted octanol–water partition coefficient (Wildman–Crippen LogP) is 3.38. The SMILES string of the molecule is CC(=O)N[C@H]1[C@@H](OCCCCCCCCCCCCSC(C)=O)O[C@H](COC(C)=O)[C@@H](O[C@@H]2O[C@H](COC(C)=O)[C@H](OC(C)=O)[C@H](OC(C)=O)[C@H]2OC(C)=O)[C@@H]1OC(C)=O. The van der Waals surface area contributed by atoms with Crippen molar-refractivity contribution in [2.45, 2.75) is 181 Å². The summed E-state index contributed by atoms with van der Waals surface area (Å²) in [6.07, 6.45) is -3.12. The highest BCUT2D eigenvalue weighted by atomic mass is 32.2. The van der Waals surface area contributed by atoms with Crippen LogP contribution in [0.3, 0.4) is 0 Å². The number of hydrogen-bond donors (Lipinski definition) is 1. The minimum absolute atomic E-state index is 0.153. The van der Waals surface area contributed by atoms with Crippen molar-refractivity contribution < 1.29 is 85.7 Å². The molecule has 0 unspecified atom stereocenters. The summed E-state index contributed by atoms with van der Waals surface area (Å²) in [4.78, 5) is 97.3. The molecule has 0 aliphatic carbocycles. The Morgan fingerprint density at radius 3 is 1.40 bits per heavy atom. The molecule has 2 saturated heterocycles. The van der Waals surface area contributed by atoms with E-state index in [2.05, 4.69) is 5.32 Å². The van der Waals surface area contributed by atoms with E-state index in [1.165, 1.54) is 18.7 Å². The number of esters is 6. The van der Waals surface area contributed by atoms with Gasteiger partial charge >= 0.3 is 35.8 Å². The van der Waals surface area contributed by atoms with Crippen molar-refractivity contribution in [1.82, 2.24) is 5.32 Å². The lowest BCUT2D eigenvalue weighted by Gasteiger charge is -2.49. The third kappa shape index (κ3) is 20.1. The molecule has 1 N–H and O–H groups in total. The summed E-state index contributed by atoms with van der Waals surface area (Å²) in [5, 5.41) is 2.86. The van der Waals surface area contributed by atoms with Gasteiger partial charge in [-0.15, -0.1) is 0 Å². The van der Waals surface area contributed by atoms with Gasteiger partial charge in [-0.1, -0.05) is 63.1 Å². The normalized spacial score (nSPS) is 26.2. The Morgan fingerprint density at radius 2 is 0.917 bits per heavy atom. The summed E-state index contributed by atoms with van der Waals surface area (Å²) >= 11 is 1.37. The van der Waals surface area contributed by atoms with Crippen LogP contribution < -0.4 is 5.32 Å². The van der Waals surface area contributed by atoms with Crippen LogP contribution in [0.15, 0.2) is 0 Å². The Kier molecular flexibility index (Phi) is 24.3. The van der Waals surface area contributed by atoms with Crippen molar-refractivity contribution in [2.24, 2.45) is 0 Å². The molecule has 0 bridgehead atoms. The molecule has 2 fully saturated rings. The third-order valence-electron chi connectivity index (χ3n) is 9.13. The maximum atomic E-state index is 12.7. The van der Waals surface area contributed by atoms with E-state index < -0.39 is 116 Å². The number of unbranched alkanes of at least 4 members (excludes halogenated alkanes) is 9. The molecule has 0 saturated carbocycles. The Bertz CT molecular complexity index is 1430. The zero-order chi connectivity index (χ0) is 44.8. The maximum Gasteiger partial charge on any atom is 0.303 e. The molecule has 2 aliphatic rings. The lowest BCUT2D eigenvalue weighted by atomic mass is 9.94. The lowest BCUT2D eigenvalue weighted by molar-refractivity contribution is -0.350. The van der Waals surface area contributed by atoms with Gasteiger partial charge in [-0.3, -0.25) is 38.4 Å². The Hall–Kier alpha value is -3.85. The van der Waals surface area contributed by atoms with Crippen LogP contribution in [0.4, 0.5) is 0 Å². The second-order valence-electron chi connectivity index (χ2n) is 14.6. The molecule has 0 aromatic heterocycles. The highest BCUT2D eigenvalue weighted by Crippen LogP contribution is 2.35. The number of nitrogens with one attached hydrogen (secondary N) is 1. The number of thioether (sulfide) groups is 1. The zero-order valence-corrected chi connectivity index (χ0v) is 36.7. The fourth-order valence-corrected chi connectivity index (χ4v) is 7.39. The van der Waals surface area contributed by atoms with Crippen LogP contribution in [0, 0.1) is 0 Å². The first-order valence-electron chi connectivity index (χ1n) is 20.3. The molecular weight excluding hydrogens is 814 g/mol. The monoisotopic (exact) mass is 877 g/mol. The first-order valence-corrected chi connectivity index (χ1v) is 21.3. The van der Waals surface area contributed by atoms with Crippen LogP contribution in [0.1, 0.15) is 120 Å². The zero-order valence-electron chi connectivity index (χ0n) is 35.9. The van der Waals surface area contributed by atoms with Crippen molar-refractivity contribution in [2.75, 3.05) is 25.6 Å². The summed E-state index contributed by atoms with van der Waals surface area (Å²) in [6.45, 7) is 8.58. The van der Waals surface area contributed by atoms with Gasteiger partial charge in [0, 0.05) is 67.7 Å². The minimum Gasteiger partial charge on any atom is -0.463 e. The average molecular weight is 878 g/mol. The van der Waals surface area contributed by atoms with Crippen LogP contribution in [-0.2, 0) is 85.7 Å². The van der Waals surface area contributed by atoms with E-state index in [9.17, 15) is 38.4 Å². The van der Waals surface area contributed by atoms with Gasteiger partial charge in [-0.2, -0.15) is 0 Å². The van der Waals surface area contributed by atoms with E-state index in [1.54, 1.807) is 6.92 Å². The minimum atomic E-state index is -1.75. The number of amides is 1. The molecule has 0 aromatic carbocycles. The fraction of sp³-hybridized carbons (Fsp3) is 0.800. The fourth-order valence-electron chi connectivity index (χ4n) is 6.75. The molecular formula is C40H63NO18S. The molecule has 0 spiro atoms. The summed E-state index contributed by atoms with van der Waals surface area (Å²) in [5.41, 5.74) is 0. The van der Waals surface area contributed by atoms with Gasteiger partial charge < -0.3 is 52.7 Å². The summed E-state index contributed by atoms with van der Waals surface area (Å²) in [5.74, 6) is -4.51. The third-order valence-corrected chi connectivity index (χ3v) is 10.0. The molecule has 1 amide bonds. The van der Waals surface area contributed by atoms with E-state index in [0.717, 1.165) is 105 Å². The van der Waals surface area contributed by atoms with Gasteiger partial charge in [-0.25, -0.2) is 0 Å². The number of ether oxygens (including phenoxy) is 10. The average Bonchev–Trinajstić information content (AvgIpc) is 3.13. The van der Waals surface area contributed by atoms with Crippen LogP contribution in [0.5, 0.6) is 0 Å². The van der Waals surface area contributed by atoms with Crippen molar-refractivity contribution in [3.8, 4) is 0 Å². The number of carbonyl (C=O) groups excluding carboxylic acids is 8. The predicted molar refractivity (Wildman–Crippen MR) is 211 cm³/mol. The topological polar surface area (TPSA) is 241 Å². The van der Waals surface area contributed by atoms with Gasteiger partial charge in [-0.05, 0) is 12.8 Å².